The fourth-order valence-corrected chi connectivity index (χ4v) is 6.12. The summed E-state index contributed by atoms with van der Waals surface area (Å²) in [5.41, 5.74) is 10.0. The Hall–Kier alpha value is -3.88. The Morgan fingerprint density at radius 3 is 2.51 bits per heavy atom. The van der Waals surface area contributed by atoms with Gasteiger partial charge in [0.15, 0.2) is 0 Å². The van der Waals surface area contributed by atoms with Gasteiger partial charge in [-0.25, -0.2) is 0 Å². The van der Waals surface area contributed by atoms with Gasteiger partial charge < -0.3 is 20.9 Å². The summed E-state index contributed by atoms with van der Waals surface area (Å²) in [6.07, 6.45) is 3.20. The molecule has 7 nitrogen and oxygen atoms in total. The number of hydrogen-bond acceptors (Lipinski definition) is 6. The zero-order chi connectivity index (χ0) is 25.9. The first-order valence-electron chi connectivity index (χ1n) is 12.2. The zero-order valence-corrected chi connectivity index (χ0v) is 21.4. The van der Waals surface area contributed by atoms with Gasteiger partial charge in [-0.15, -0.1) is 11.3 Å². The number of nitrogens with one attached hydrogen (secondary N) is 1. The number of methoxy groups -OCH3 is 1. The number of thiophene rings is 1. The standard InChI is InChI=1S/C29H29N3O4S/c1-36-25-15-18(4-5-20(25)17-32-12-2-3-13-32)14-24-23-11-10-22(33)16-26(23)37-27(24)19-6-8-21(9-7-19)31-29(35)28(30)34/h4-11,15-16,33H,2-3,12-14,17H2,1H3,(H2,30,34)(H,31,35). The normalized spacial score (nSPS) is 13.6. The number of amides is 2. The van der Waals surface area contributed by atoms with Gasteiger partial charge in [-0.3, -0.25) is 14.5 Å². The molecule has 2 heterocycles. The van der Waals surface area contributed by atoms with Gasteiger partial charge in [0.1, 0.15) is 11.5 Å². The molecule has 0 bridgehead atoms. The Balaban J connectivity index is 1.48. The molecule has 0 spiro atoms. The molecule has 1 saturated heterocycles. The highest BCUT2D eigenvalue weighted by Crippen LogP contribution is 2.41. The largest absolute Gasteiger partial charge is 0.508 e. The van der Waals surface area contributed by atoms with Gasteiger partial charge in [-0.1, -0.05) is 24.3 Å². The number of hydrogen-bond donors (Lipinski definition) is 3. The van der Waals surface area contributed by atoms with Crippen LogP contribution in [-0.2, 0) is 22.6 Å². The number of rotatable bonds is 7. The lowest BCUT2D eigenvalue weighted by Crippen LogP contribution is -2.29. The molecule has 4 aromatic rings. The third-order valence-corrected chi connectivity index (χ3v) is 7.97. The Morgan fingerprint density at radius 1 is 1.05 bits per heavy atom. The van der Waals surface area contributed by atoms with E-state index in [0.29, 0.717) is 12.1 Å². The SMILES string of the molecule is COc1cc(Cc2c(-c3ccc(NC(=O)C(N)=O)cc3)sc3cc(O)ccc23)ccc1CN1CCCC1. The van der Waals surface area contributed by atoms with Crippen molar-refractivity contribution in [1.82, 2.24) is 4.90 Å². The van der Waals surface area contributed by atoms with E-state index >= 15 is 0 Å². The molecular weight excluding hydrogens is 486 g/mol. The number of carbonyl (C=O) groups excluding carboxylic acids is 2. The fourth-order valence-electron chi connectivity index (χ4n) is 4.86. The van der Waals surface area contributed by atoms with E-state index in [9.17, 15) is 14.7 Å². The summed E-state index contributed by atoms with van der Waals surface area (Å²) >= 11 is 1.61. The van der Waals surface area contributed by atoms with E-state index in [1.54, 1.807) is 42.7 Å². The van der Waals surface area contributed by atoms with Crippen molar-refractivity contribution in [2.75, 3.05) is 25.5 Å². The van der Waals surface area contributed by atoms with Crippen LogP contribution < -0.4 is 15.8 Å². The molecule has 5 rings (SSSR count). The van der Waals surface area contributed by atoms with Crippen molar-refractivity contribution in [3.05, 3.63) is 77.4 Å². The van der Waals surface area contributed by atoms with Crippen LogP contribution in [0.5, 0.6) is 11.5 Å². The maximum Gasteiger partial charge on any atom is 0.313 e. The minimum Gasteiger partial charge on any atom is -0.508 e. The number of aromatic hydroxyl groups is 1. The van der Waals surface area contributed by atoms with Crippen LogP contribution in [-0.4, -0.2) is 42.0 Å². The van der Waals surface area contributed by atoms with Crippen LogP contribution in [0, 0.1) is 0 Å². The van der Waals surface area contributed by atoms with Crippen molar-refractivity contribution in [1.29, 1.82) is 0 Å². The summed E-state index contributed by atoms with van der Waals surface area (Å²) in [6.45, 7) is 3.16. The second-order valence-corrected chi connectivity index (χ2v) is 10.3. The molecule has 1 fully saturated rings. The van der Waals surface area contributed by atoms with Crippen LogP contribution in [0.2, 0.25) is 0 Å². The first-order chi connectivity index (χ1) is 17.9. The van der Waals surface area contributed by atoms with Crippen molar-refractivity contribution in [3.8, 4) is 21.9 Å². The van der Waals surface area contributed by atoms with Gasteiger partial charge in [0.2, 0.25) is 0 Å². The molecule has 0 saturated carbocycles. The number of anilines is 1. The molecule has 0 atom stereocenters. The molecule has 3 aromatic carbocycles. The highest BCUT2D eigenvalue weighted by atomic mass is 32.1. The number of likely N-dealkylation sites (tertiary alicyclic amines) is 1. The monoisotopic (exact) mass is 515 g/mol. The quantitative estimate of drug-likeness (QED) is 0.304. The van der Waals surface area contributed by atoms with Crippen LogP contribution in [0.4, 0.5) is 5.69 Å². The molecule has 8 heteroatoms. The number of nitrogens with zero attached hydrogens (tertiary/aromatic N) is 1. The average molecular weight is 516 g/mol. The van der Waals surface area contributed by atoms with E-state index in [2.05, 4.69) is 28.4 Å². The highest BCUT2D eigenvalue weighted by molar-refractivity contribution is 7.22. The topological polar surface area (TPSA) is 105 Å². The summed E-state index contributed by atoms with van der Waals surface area (Å²) in [4.78, 5) is 26.2. The molecule has 0 unspecified atom stereocenters. The first-order valence-corrected chi connectivity index (χ1v) is 13.1. The van der Waals surface area contributed by atoms with Crippen molar-refractivity contribution < 1.29 is 19.4 Å². The number of phenols is 1. The summed E-state index contributed by atoms with van der Waals surface area (Å²) in [7, 11) is 1.72. The zero-order valence-electron chi connectivity index (χ0n) is 20.6. The number of nitrogens with two attached hydrogens (primary N) is 1. The van der Waals surface area contributed by atoms with Gasteiger partial charge in [0, 0.05) is 27.4 Å². The maximum absolute atomic E-state index is 11.6. The number of benzene rings is 3. The van der Waals surface area contributed by atoms with E-state index in [1.807, 2.05) is 18.2 Å². The Morgan fingerprint density at radius 2 is 1.81 bits per heavy atom. The van der Waals surface area contributed by atoms with E-state index in [4.69, 9.17) is 10.5 Å². The smallest absolute Gasteiger partial charge is 0.313 e. The lowest BCUT2D eigenvalue weighted by molar-refractivity contribution is -0.134. The van der Waals surface area contributed by atoms with Crippen LogP contribution in [0.15, 0.2) is 60.7 Å². The Bertz CT molecular complexity index is 1460. The minimum absolute atomic E-state index is 0.226. The van der Waals surface area contributed by atoms with E-state index in [-0.39, 0.29) is 5.75 Å². The van der Waals surface area contributed by atoms with Crippen LogP contribution >= 0.6 is 11.3 Å². The molecule has 4 N–H and O–H groups in total. The number of carbonyl (C=O) groups is 2. The average Bonchev–Trinajstić information content (AvgIpc) is 3.53. The van der Waals surface area contributed by atoms with Crippen LogP contribution in [0.1, 0.15) is 29.5 Å². The number of primary amides is 1. The molecule has 37 heavy (non-hydrogen) atoms. The third-order valence-electron chi connectivity index (χ3n) is 6.73. The van der Waals surface area contributed by atoms with Gasteiger partial charge in [0.25, 0.3) is 0 Å². The van der Waals surface area contributed by atoms with E-state index < -0.39 is 11.8 Å². The molecule has 0 radical (unpaired) electrons. The van der Waals surface area contributed by atoms with Gasteiger partial charge >= 0.3 is 11.8 Å². The number of ether oxygens (including phenoxy) is 1. The fraction of sp³-hybridized carbons (Fsp3) is 0.241. The molecule has 1 aliphatic heterocycles. The molecule has 0 aliphatic carbocycles. The number of fused-ring (bicyclic) bond motifs is 1. The molecule has 1 aliphatic rings. The van der Waals surface area contributed by atoms with Crippen LogP contribution in [0.3, 0.4) is 0 Å². The second-order valence-electron chi connectivity index (χ2n) is 9.29. The molecular formula is C29H29N3O4S. The summed E-state index contributed by atoms with van der Waals surface area (Å²) in [5, 5.41) is 13.7. The van der Waals surface area contributed by atoms with Gasteiger partial charge in [0.05, 0.1) is 7.11 Å². The molecule has 1 aromatic heterocycles. The van der Waals surface area contributed by atoms with Crippen molar-refractivity contribution in [3.63, 3.8) is 0 Å². The second kappa shape index (κ2) is 10.6. The van der Waals surface area contributed by atoms with Gasteiger partial charge in [-0.05, 0) is 90.8 Å². The Kier molecular flexibility index (Phi) is 7.12. The summed E-state index contributed by atoms with van der Waals surface area (Å²) < 4.78 is 6.76. The first kappa shape index (κ1) is 24.8. The summed E-state index contributed by atoms with van der Waals surface area (Å²) in [5.74, 6) is -0.757. The minimum atomic E-state index is -1.03. The Labute approximate surface area is 219 Å². The third kappa shape index (κ3) is 5.45. The summed E-state index contributed by atoms with van der Waals surface area (Å²) in [6, 6.07) is 19.2. The predicted octanol–water partition coefficient (Wildman–Crippen LogP) is 4.89. The number of phenolic OH excluding ortho intramolecular Hbond substituents is 1. The molecule has 190 valence electrons. The van der Waals surface area contributed by atoms with Crippen molar-refractivity contribution in [2.24, 2.45) is 5.73 Å². The maximum atomic E-state index is 11.6. The lowest BCUT2D eigenvalue weighted by Gasteiger charge is -2.18. The van der Waals surface area contributed by atoms with Crippen molar-refractivity contribution >= 4 is 38.9 Å². The van der Waals surface area contributed by atoms with Gasteiger partial charge in [-0.2, -0.15) is 0 Å². The highest BCUT2D eigenvalue weighted by Gasteiger charge is 2.18. The lowest BCUT2D eigenvalue weighted by atomic mass is 9.97. The van der Waals surface area contributed by atoms with E-state index in [1.165, 1.54) is 18.4 Å². The van der Waals surface area contributed by atoms with E-state index in [0.717, 1.165) is 57.0 Å². The van der Waals surface area contributed by atoms with Crippen LogP contribution in [0.25, 0.3) is 20.5 Å². The predicted molar refractivity (Wildman–Crippen MR) is 147 cm³/mol. The molecule has 2 amide bonds. The van der Waals surface area contributed by atoms with Crippen molar-refractivity contribution in [2.45, 2.75) is 25.8 Å².